The number of thiazole rings is 1. The van der Waals surface area contributed by atoms with Gasteiger partial charge in [0.15, 0.2) is 0 Å². The first-order chi connectivity index (χ1) is 9.06. The molecule has 0 saturated carbocycles. The second kappa shape index (κ2) is 6.23. The molecule has 1 aromatic heterocycles. The summed E-state index contributed by atoms with van der Waals surface area (Å²) < 4.78 is 12.8. The van der Waals surface area contributed by atoms with E-state index in [9.17, 15) is 9.50 Å². The molecule has 2 N–H and O–H groups in total. The molecule has 2 rings (SSSR count). The minimum absolute atomic E-state index is 0.0915. The third-order valence-corrected chi connectivity index (χ3v) is 3.98. The van der Waals surface area contributed by atoms with Crippen LogP contribution in [0.15, 0.2) is 30.5 Å². The van der Waals surface area contributed by atoms with Crippen LogP contribution in [0.1, 0.15) is 34.5 Å². The van der Waals surface area contributed by atoms with Crippen molar-refractivity contribution in [2.75, 3.05) is 6.54 Å². The summed E-state index contributed by atoms with van der Waals surface area (Å²) in [6.45, 7) is 4.43. The van der Waals surface area contributed by atoms with Gasteiger partial charge in [0.2, 0.25) is 0 Å². The van der Waals surface area contributed by atoms with Gasteiger partial charge < -0.3 is 10.4 Å². The topological polar surface area (TPSA) is 45.2 Å². The molecule has 19 heavy (non-hydrogen) atoms. The van der Waals surface area contributed by atoms with E-state index in [1.54, 1.807) is 23.5 Å². The van der Waals surface area contributed by atoms with Crippen molar-refractivity contribution in [1.29, 1.82) is 0 Å². The van der Waals surface area contributed by atoms with Crippen molar-refractivity contribution in [3.63, 3.8) is 0 Å². The van der Waals surface area contributed by atoms with Gasteiger partial charge in [0.1, 0.15) is 10.8 Å². The molecule has 0 radical (unpaired) electrons. The lowest BCUT2D eigenvalue weighted by Crippen LogP contribution is -2.24. The van der Waals surface area contributed by atoms with E-state index in [1.165, 1.54) is 17.0 Å². The molecule has 0 aliphatic carbocycles. The summed E-state index contributed by atoms with van der Waals surface area (Å²) in [7, 11) is 0. The van der Waals surface area contributed by atoms with E-state index in [2.05, 4.69) is 10.3 Å². The highest BCUT2D eigenvalue weighted by Gasteiger charge is 2.12. The maximum Gasteiger partial charge on any atom is 0.123 e. The fourth-order valence-electron chi connectivity index (χ4n) is 1.75. The number of halogens is 1. The van der Waals surface area contributed by atoms with Crippen LogP contribution in [0.4, 0.5) is 4.39 Å². The molecule has 1 heterocycles. The molecular formula is C14H17FN2OS. The predicted octanol–water partition coefficient (Wildman–Crippen LogP) is 2.97. The Morgan fingerprint density at radius 3 is 2.63 bits per heavy atom. The van der Waals surface area contributed by atoms with Gasteiger partial charge in [-0.25, -0.2) is 9.37 Å². The summed E-state index contributed by atoms with van der Waals surface area (Å²) in [5, 5.41) is 14.2. The maximum atomic E-state index is 12.8. The molecule has 0 saturated heterocycles. The summed E-state index contributed by atoms with van der Waals surface area (Å²) >= 11 is 1.64. The third-order valence-electron chi connectivity index (χ3n) is 2.88. The van der Waals surface area contributed by atoms with Crippen molar-refractivity contribution in [2.24, 2.45) is 0 Å². The summed E-state index contributed by atoms with van der Waals surface area (Å²) in [6, 6.07) is 5.99. The zero-order valence-electron chi connectivity index (χ0n) is 10.9. The normalized spacial score (nSPS) is 14.3. The molecule has 0 aliphatic heterocycles. The predicted molar refractivity (Wildman–Crippen MR) is 74.6 cm³/mol. The Balaban J connectivity index is 1.89. The van der Waals surface area contributed by atoms with E-state index in [4.69, 9.17) is 0 Å². The van der Waals surface area contributed by atoms with Crippen LogP contribution in [-0.4, -0.2) is 16.6 Å². The number of aliphatic hydroxyl groups is 1. The average molecular weight is 280 g/mol. The lowest BCUT2D eigenvalue weighted by molar-refractivity contribution is 0.170. The molecule has 0 fully saturated rings. The van der Waals surface area contributed by atoms with Crippen LogP contribution in [0, 0.1) is 12.7 Å². The fraction of sp³-hybridized carbons (Fsp3) is 0.357. The van der Waals surface area contributed by atoms with Crippen LogP contribution >= 0.6 is 11.3 Å². The van der Waals surface area contributed by atoms with Gasteiger partial charge in [-0.1, -0.05) is 12.1 Å². The van der Waals surface area contributed by atoms with Gasteiger partial charge in [0.25, 0.3) is 0 Å². The van der Waals surface area contributed by atoms with Crippen molar-refractivity contribution in [3.05, 3.63) is 51.7 Å². The van der Waals surface area contributed by atoms with Crippen LogP contribution in [0.5, 0.6) is 0 Å². The highest BCUT2D eigenvalue weighted by Crippen LogP contribution is 2.20. The summed E-state index contributed by atoms with van der Waals surface area (Å²) in [5.74, 6) is -0.296. The van der Waals surface area contributed by atoms with Crippen LogP contribution < -0.4 is 5.32 Å². The van der Waals surface area contributed by atoms with Gasteiger partial charge in [-0.15, -0.1) is 11.3 Å². The van der Waals surface area contributed by atoms with E-state index in [0.717, 1.165) is 5.01 Å². The zero-order valence-corrected chi connectivity index (χ0v) is 11.7. The Morgan fingerprint density at radius 2 is 2.05 bits per heavy atom. The van der Waals surface area contributed by atoms with Gasteiger partial charge in [-0.05, 0) is 31.5 Å². The van der Waals surface area contributed by atoms with E-state index in [1.807, 2.05) is 20.0 Å². The van der Waals surface area contributed by atoms with Crippen LogP contribution in [-0.2, 0) is 0 Å². The SMILES string of the molecule is Cc1cnc([C@@H](C)NC[C@@H](O)c2ccc(F)cc2)s1. The van der Waals surface area contributed by atoms with Crippen molar-refractivity contribution in [1.82, 2.24) is 10.3 Å². The minimum atomic E-state index is -0.649. The number of aromatic nitrogens is 1. The summed E-state index contributed by atoms with van der Waals surface area (Å²) in [4.78, 5) is 5.47. The smallest absolute Gasteiger partial charge is 0.123 e. The first kappa shape index (κ1) is 14.1. The molecule has 1 aromatic carbocycles. The number of nitrogens with one attached hydrogen (secondary N) is 1. The molecule has 0 unspecified atom stereocenters. The number of aliphatic hydroxyl groups excluding tert-OH is 1. The number of nitrogens with zero attached hydrogens (tertiary/aromatic N) is 1. The first-order valence-electron chi connectivity index (χ1n) is 6.15. The molecule has 0 spiro atoms. The molecule has 2 atom stereocenters. The van der Waals surface area contributed by atoms with Gasteiger partial charge in [-0.2, -0.15) is 0 Å². The summed E-state index contributed by atoms with van der Waals surface area (Å²) in [6.07, 6.45) is 1.19. The van der Waals surface area contributed by atoms with Gasteiger partial charge >= 0.3 is 0 Å². The quantitative estimate of drug-likeness (QED) is 0.885. The van der Waals surface area contributed by atoms with Crippen LogP contribution in [0.25, 0.3) is 0 Å². The average Bonchev–Trinajstić information content (AvgIpc) is 2.83. The van der Waals surface area contributed by atoms with Gasteiger partial charge in [-0.3, -0.25) is 0 Å². The number of rotatable bonds is 5. The monoisotopic (exact) mass is 280 g/mol. The van der Waals surface area contributed by atoms with Crippen molar-refractivity contribution >= 4 is 11.3 Å². The van der Waals surface area contributed by atoms with E-state index in [-0.39, 0.29) is 11.9 Å². The molecule has 5 heteroatoms. The highest BCUT2D eigenvalue weighted by molar-refractivity contribution is 7.11. The van der Waals surface area contributed by atoms with Crippen molar-refractivity contribution in [2.45, 2.75) is 26.0 Å². The molecule has 2 aromatic rings. The third kappa shape index (κ3) is 3.83. The van der Waals surface area contributed by atoms with E-state index < -0.39 is 6.10 Å². The molecule has 102 valence electrons. The largest absolute Gasteiger partial charge is 0.387 e. The Kier molecular flexibility index (Phi) is 4.63. The lowest BCUT2D eigenvalue weighted by Gasteiger charge is -2.15. The molecule has 0 bridgehead atoms. The fourth-order valence-corrected chi connectivity index (χ4v) is 2.55. The minimum Gasteiger partial charge on any atom is -0.387 e. The molecule has 0 aliphatic rings. The summed E-state index contributed by atoms with van der Waals surface area (Å²) in [5.41, 5.74) is 0.705. The number of hydrogen-bond donors (Lipinski definition) is 2. The second-order valence-corrected chi connectivity index (χ2v) is 5.77. The van der Waals surface area contributed by atoms with Gasteiger partial charge in [0.05, 0.1) is 12.1 Å². The second-order valence-electron chi connectivity index (χ2n) is 4.51. The van der Waals surface area contributed by atoms with Gasteiger partial charge in [0, 0.05) is 17.6 Å². The maximum absolute atomic E-state index is 12.8. The highest BCUT2D eigenvalue weighted by atomic mass is 32.1. The standard InChI is InChI=1S/C14H17FN2OS/c1-9-7-17-14(19-9)10(2)16-8-13(18)11-3-5-12(15)6-4-11/h3-7,10,13,16,18H,8H2,1-2H3/t10-,13-/m1/s1. The van der Waals surface area contributed by atoms with Crippen molar-refractivity contribution < 1.29 is 9.50 Å². The molecule has 0 amide bonds. The number of hydrogen-bond acceptors (Lipinski definition) is 4. The Morgan fingerprint density at radius 1 is 1.37 bits per heavy atom. The Bertz CT molecular complexity index is 526. The van der Waals surface area contributed by atoms with Crippen LogP contribution in [0.2, 0.25) is 0 Å². The first-order valence-corrected chi connectivity index (χ1v) is 6.97. The van der Waals surface area contributed by atoms with Crippen LogP contribution in [0.3, 0.4) is 0 Å². The van der Waals surface area contributed by atoms with E-state index >= 15 is 0 Å². The number of benzene rings is 1. The zero-order chi connectivity index (χ0) is 13.8. The molecule has 3 nitrogen and oxygen atoms in total. The Labute approximate surface area is 116 Å². The number of aryl methyl sites for hydroxylation is 1. The molecular weight excluding hydrogens is 263 g/mol. The lowest BCUT2D eigenvalue weighted by atomic mass is 10.1. The Hall–Kier alpha value is -1.30. The van der Waals surface area contributed by atoms with E-state index in [0.29, 0.717) is 12.1 Å². The van der Waals surface area contributed by atoms with Crippen molar-refractivity contribution in [3.8, 4) is 0 Å².